The van der Waals surface area contributed by atoms with Gasteiger partial charge in [-0.1, -0.05) is 13.3 Å². The molecule has 0 aromatic carbocycles. The quantitative estimate of drug-likeness (QED) is 0.857. The molecular weight excluding hydrogens is 252 g/mol. The summed E-state index contributed by atoms with van der Waals surface area (Å²) in [6, 6.07) is 3.77. The summed E-state index contributed by atoms with van der Waals surface area (Å²) >= 11 is 0. The summed E-state index contributed by atoms with van der Waals surface area (Å²) in [7, 11) is 0. The van der Waals surface area contributed by atoms with Crippen LogP contribution in [0.4, 0.5) is 5.82 Å². The van der Waals surface area contributed by atoms with Crippen molar-refractivity contribution >= 4 is 17.9 Å². The number of carboxylic acids is 1. The van der Waals surface area contributed by atoms with E-state index in [-0.39, 0.29) is 0 Å². The van der Waals surface area contributed by atoms with Crippen molar-refractivity contribution in [3.8, 4) is 0 Å². The van der Waals surface area contributed by atoms with Gasteiger partial charge in [-0.05, 0) is 43.4 Å². The number of hydrogen-bond acceptors (Lipinski definition) is 3. The first-order valence-corrected chi connectivity index (χ1v) is 7.31. The second-order valence-electron chi connectivity index (χ2n) is 5.28. The molecule has 4 nitrogen and oxygen atoms in total. The van der Waals surface area contributed by atoms with E-state index in [1.807, 2.05) is 12.1 Å². The van der Waals surface area contributed by atoms with Gasteiger partial charge >= 0.3 is 5.97 Å². The van der Waals surface area contributed by atoms with E-state index in [0.29, 0.717) is 0 Å². The van der Waals surface area contributed by atoms with Crippen LogP contribution in [0.2, 0.25) is 0 Å². The molecule has 108 valence electrons. The highest BCUT2D eigenvalue weighted by atomic mass is 16.4. The van der Waals surface area contributed by atoms with Crippen LogP contribution >= 0.6 is 0 Å². The van der Waals surface area contributed by atoms with Crippen LogP contribution in [0.1, 0.15) is 38.2 Å². The topological polar surface area (TPSA) is 53.4 Å². The van der Waals surface area contributed by atoms with Crippen LogP contribution in [-0.4, -0.2) is 29.1 Å². The minimum absolute atomic E-state index is 0.807. The van der Waals surface area contributed by atoms with Crippen molar-refractivity contribution in [1.82, 2.24) is 4.98 Å². The second-order valence-corrected chi connectivity index (χ2v) is 5.28. The van der Waals surface area contributed by atoms with Gasteiger partial charge in [0.25, 0.3) is 0 Å². The van der Waals surface area contributed by atoms with E-state index in [1.54, 1.807) is 12.3 Å². The normalized spacial score (nSPS) is 20.1. The van der Waals surface area contributed by atoms with Crippen LogP contribution in [0.15, 0.2) is 24.4 Å². The Bertz CT molecular complexity index is 485. The van der Waals surface area contributed by atoms with Gasteiger partial charge in [0.2, 0.25) is 0 Å². The first-order valence-electron chi connectivity index (χ1n) is 7.31. The number of anilines is 1. The predicted octanol–water partition coefficient (Wildman–Crippen LogP) is 3.20. The average molecular weight is 274 g/mol. The molecule has 20 heavy (non-hydrogen) atoms. The number of pyridine rings is 1. The molecule has 0 saturated carbocycles. The van der Waals surface area contributed by atoms with Gasteiger partial charge in [0.05, 0.1) is 0 Å². The Balaban J connectivity index is 2.17. The molecule has 0 spiro atoms. The van der Waals surface area contributed by atoms with Crippen LogP contribution in [0.5, 0.6) is 0 Å². The first kappa shape index (κ1) is 14.6. The van der Waals surface area contributed by atoms with E-state index in [1.165, 1.54) is 31.8 Å². The SMILES string of the molecule is CCC1CCCN(c2ncccc2/C=C/C(=O)O)CC1. The minimum Gasteiger partial charge on any atom is -0.478 e. The maximum Gasteiger partial charge on any atom is 0.328 e. The lowest BCUT2D eigenvalue weighted by molar-refractivity contribution is -0.131. The number of aromatic nitrogens is 1. The molecule has 1 fully saturated rings. The lowest BCUT2D eigenvalue weighted by Gasteiger charge is -2.23. The molecule has 2 heterocycles. The summed E-state index contributed by atoms with van der Waals surface area (Å²) < 4.78 is 0. The van der Waals surface area contributed by atoms with E-state index in [2.05, 4.69) is 16.8 Å². The highest BCUT2D eigenvalue weighted by Gasteiger charge is 2.18. The molecule has 1 aliphatic rings. The first-order chi connectivity index (χ1) is 9.70. The van der Waals surface area contributed by atoms with Crippen molar-refractivity contribution in [2.45, 2.75) is 32.6 Å². The number of carbonyl (C=O) groups is 1. The smallest absolute Gasteiger partial charge is 0.328 e. The Morgan fingerprint density at radius 3 is 3.10 bits per heavy atom. The third kappa shape index (κ3) is 3.83. The van der Waals surface area contributed by atoms with Crippen molar-refractivity contribution in [3.63, 3.8) is 0 Å². The minimum atomic E-state index is -0.929. The molecule has 1 aromatic heterocycles. The van der Waals surface area contributed by atoms with Gasteiger partial charge < -0.3 is 10.0 Å². The summed E-state index contributed by atoms with van der Waals surface area (Å²) in [6.45, 7) is 4.26. The molecule has 1 saturated heterocycles. The number of rotatable bonds is 4. The van der Waals surface area contributed by atoms with Gasteiger partial charge in [-0.3, -0.25) is 0 Å². The standard InChI is InChI=1S/C16H22N2O2/c1-2-13-5-4-11-18(12-9-13)16-14(6-3-10-17-16)7-8-15(19)20/h3,6-8,10,13H,2,4-5,9,11-12H2,1H3,(H,19,20)/b8-7+. The van der Waals surface area contributed by atoms with E-state index in [9.17, 15) is 4.79 Å². The molecule has 2 rings (SSSR count). The molecule has 0 aliphatic carbocycles. The zero-order valence-electron chi connectivity index (χ0n) is 12.0. The van der Waals surface area contributed by atoms with Crippen molar-refractivity contribution in [2.75, 3.05) is 18.0 Å². The van der Waals surface area contributed by atoms with Crippen molar-refractivity contribution in [1.29, 1.82) is 0 Å². The van der Waals surface area contributed by atoms with E-state index in [4.69, 9.17) is 5.11 Å². The summed E-state index contributed by atoms with van der Waals surface area (Å²) in [4.78, 5) is 17.4. The zero-order chi connectivity index (χ0) is 14.4. The number of aliphatic carboxylic acids is 1. The predicted molar refractivity (Wildman–Crippen MR) is 80.8 cm³/mol. The van der Waals surface area contributed by atoms with E-state index in [0.717, 1.165) is 30.4 Å². The van der Waals surface area contributed by atoms with Gasteiger partial charge in [0.1, 0.15) is 5.82 Å². The van der Waals surface area contributed by atoms with E-state index < -0.39 is 5.97 Å². The van der Waals surface area contributed by atoms with Crippen molar-refractivity contribution in [3.05, 3.63) is 30.0 Å². The Kier molecular flexibility index (Phi) is 5.16. The van der Waals surface area contributed by atoms with E-state index >= 15 is 0 Å². The fraction of sp³-hybridized carbons (Fsp3) is 0.500. The third-order valence-electron chi connectivity index (χ3n) is 3.95. The summed E-state index contributed by atoms with van der Waals surface area (Å²) in [5.74, 6) is 0.783. The molecule has 0 radical (unpaired) electrons. The van der Waals surface area contributed by atoms with Crippen LogP contribution in [0, 0.1) is 5.92 Å². The number of nitrogens with zero attached hydrogens (tertiary/aromatic N) is 2. The number of carboxylic acid groups (broad SMARTS) is 1. The maximum absolute atomic E-state index is 10.7. The van der Waals surface area contributed by atoms with Gasteiger partial charge in [0.15, 0.2) is 0 Å². The second kappa shape index (κ2) is 7.08. The summed E-state index contributed by atoms with van der Waals surface area (Å²) in [6.07, 6.45) is 9.46. The van der Waals surface area contributed by atoms with Gasteiger partial charge in [-0.15, -0.1) is 0 Å². The largest absolute Gasteiger partial charge is 0.478 e. The van der Waals surface area contributed by atoms with Gasteiger partial charge in [-0.25, -0.2) is 9.78 Å². The van der Waals surface area contributed by atoms with Crippen LogP contribution in [0.25, 0.3) is 6.08 Å². The maximum atomic E-state index is 10.7. The summed E-state index contributed by atoms with van der Waals surface area (Å²) in [5, 5.41) is 8.77. The number of hydrogen-bond donors (Lipinski definition) is 1. The lowest BCUT2D eigenvalue weighted by atomic mass is 9.98. The molecule has 1 atom stereocenters. The molecular formula is C16H22N2O2. The van der Waals surface area contributed by atoms with Gasteiger partial charge in [-0.2, -0.15) is 0 Å². The molecule has 1 aromatic rings. The van der Waals surface area contributed by atoms with Crippen molar-refractivity contribution < 1.29 is 9.90 Å². The monoisotopic (exact) mass is 274 g/mol. The third-order valence-corrected chi connectivity index (χ3v) is 3.95. The Morgan fingerprint density at radius 2 is 2.35 bits per heavy atom. The van der Waals surface area contributed by atoms with Gasteiger partial charge in [0, 0.05) is 30.9 Å². The molecule has 1 aliphatic heterocycles. The Hall–Kier alpha value is -1.84. The Labute approximate surface area is 120 Å². The fourth-order valence-electron chi connectivity index (χ4n) is 2.75. The van der Waals surface area contributed by atoms with Crippen LogP contribution in [-0.2, 0) is 4.79 Å². The van der Waals surface area contributed by atoms with Crippen LogP contribution in [0.3, 0.4) is 0 Å². The molecule has 0 amide bonds. The molecule has 4 heteroatoms. The molecule has 1 N–H and O–H groups in total. The Morgan fingerprint density at radius 1 is 1.50 bits per heavy atom. The highest BCUT2D eigenvalue weighted by Crippen LogP contribution is 2.25. The zero-order valence-corrected chi connectivity index (χ0v) is 12.0. The highest BCUT2D eigenvalue weighted by molar-refractivity contribution is 5.86. The summed E-state index contributed by atoms with van der Waals surface area (Å²) in [5.41, 5.74) is 0.879. The molecule has 0 bridgehead atoms. The van der Waals surface area contributed by atoms with Crippen molar-refractivity contribution in [2.24, 2.45) is 5.92 Å². The lowest BCUT2D eigenvalue weighted by Crippen LogP contribution is -2.26. The fourth-order valence-corrected chi connectivity index (χ4v) is 2.75. The van der Waals surface area contributed by atoms with Crippen LogP contribution < -0.4 is 4.90 Å². The molecule has 1 unspecified atom stereocenters. The average Bonchev–Trinajstić information content (AvgIpc) is 2.70.